The lowest BCUT2D eigenvalue weighted by atomic mass is 10.1. The highest BCUT2D eigenvalue weighted by Gasteiger charge is 2.15. The van der Waals surface area contributed by atoms with Crippen molar-refractivity contribution in [3.05, 3.63) is 108 Å². The molecular formula is C24H23NO3. The number of carbonyl (C=O) groups is 2. The SMILES string of the molecule is O=C(CN(Cc1ccccc1)Cc1ccccc1)OCC(=O)c1ccccc1. The first-order valence-corrected chi connectivity index (χ1v) is 9.25. The van der Waals surface area contributed by atoms with Crippen LogP contribution in [0.5, 0.6) is 0 Å². The number of hydrogen-bond donors (Lipinski definition) is 0. The summed E-state index contributed by atoms with van der Waals surface area (Å²) in [7, 11) is 0. The van der Waals surface area contributed by atoms with E-state index in [4.69, 9.17) is 4.74 Å². The average molecular weight is 373 g/mol. The standard InChI is InChI=1S/C24H23NO3/c26-23(22-14-8-3-9-15-22)19-28-24(27)18-25(16-20-10-4-1-5-11-20)17-21-12-6-2-7-13-21/h1-15H,16-19H2. The Balaban J connectivity index is 1.59. The molecule has 0 spiro atoms. The zero-order valence-electron chi connectivity index (χ0n) is 15.7. The Hall–Kier alpha value is -3.24. The Bertz CT molecular complexity index is 838. The number of carbonyl (C=O) groups excluding carboxylic acids is 2. The van der Waals surface area contributed by atoms with Crippen LogP contribution in [0, 0.1) is 0 Å². The number of esters is 1. The molecule has 0 radical (unpaired) electrons. The molecule has 0 amide bonds. The van der Waals surface area contributed by atoms with Crippen LogP contribution in [0.2, 0.25) is 0 Å². The van der Waals surface area contributed by atoms with Gasteiger partial charge < -0.3 is 4.74 Å². The average Bonchev–Trinajstić information content (AvgIpc) is 2.74. The van der Waals surface area contributed by atoms with Gasteiger partial charge in [-0.25, -0.2) is 0 Å². The quantitative estimate of drug-likeness (QED) is 0.418. The Morgan fingerprint density at radius 3 is 1.64 bits per heavy atom. The van der Waals surface area contributed by atoms with Gasteiger partial charge >= 0.3 is 5.97 Å². The fourth-order valence-corrected chi connectivity index (χ4v) is 2.93. The first kappa shape index (κ1) is 19.5. The van der Waals surface area contributed by atoms with Gasteiger partial charge in [0.05, 0.1) is 6.54 Å². The normalized spacial score (nSPS) is 10.6. The molecule has 4 nitrogen and oxygen atoms in total. The van der Waals surface area contributed by atoms with Gasteiger partial charge in [-0.3, -0.25) is 14.5 Å². The van der Waals surface area contributed by atoms with Crippen LogP contribution in [0.4, 0.5) is 0 Å². The minimum atomic E-state index is -0.406. The van der Waals surface area contributed by atoms with Gasteiger partial charge in [0, 0.05) is 18.7 Å². The van der Waals surface area contributed by atoms with Crippen molar-refractivity contribution in [2.45, 2.75) is 13.1 Å². The van der Waals surface area contributed by atoms with E-state index in [0.29, 0.717) is 18.7 Å². The Morgan fingerprint density at radius 1 is 0.679 bits per heavy atom. The van der Waals surface area contributed by atoms with Crippen molar-refractivity contribution in [1.29, 1.82) is 0 Å². The van der Waals surface area contributed by atoms with Crippen LogP contribution in [0.3, 0.4) is 0 Å². The molecule has 3 aromatic carbocycles. The van der Waals surface area contributed by atoms with Gasteiger partial charge in [-0.15, -0.1) is 0 Å². The highest BCUT2D eigenvalue weighted by Crippen LogP contribution is 2.10. The van der Waals surface area contributed by atoms with E-state index in [9.17, 15) is 9.59 Å². The molecule has 0 saturated carbocycles. The van der Waals surface area contributed by atoms with Crippen molar-refractivity contribution in [1.82, 2.24) is 4.90 Å². The lowest BCUT2D eigenvalue weighted by Gasteiger charge is -2.21. The lowest BCUT2D eigenvalue weighted by molar-refractivity contribution is -0.144. The maximum absolute atomic E-state index is 12.4. The zero-order valence-corrected chi connectivity index (χ0v) is 15.7. The number of rotatable bonds is 9. The van der Waals surface area contributed by atoms with Gasteiger partial charge in [0.2, 0.25) is 0 Å². The number of hydrogen-bond acceptors (Lipinski definition) is 4. The molecule has 142 valence electrons. The first-order chi connectivity index (χ1) is 13.7. The smallest absolute Gasteiger partial charge is 0.320 e. The summed E-state index contributed by atoms with van der Waals surface area (Å²) in [5.74, 6) is -0.609. The second-order valence-electron chi connectivity index (χ2n) is 6.57. The van der Waals surface area contributed by atoms with E-state index in [2.05, 4.69) is 0 Å². The van der Waals surface area contributed by atoms with Crippen molar-refractivity contribution in [2.75, 3.05) is 13.2 Å². The van der Waals surface area contributed by atoms with Crippen molar-refractivity contribution >= 4 is 11.8 Å². The van der Waals surface area contributed by atoms with Gasteiger partial charge in [0.1, 0.15) is 0 Å². The van der Waals surface area contributed by atoms with E-state index in [1.165, 1.54) is 0 Å². The molecule has 0 aliphatic carbocycles. The van der Waals surface area contributed by atoms with Gasteiger partial charge in [-0.1, -0.05) is 91.0 Å². The minimum Gasteiger partial charge on any atom is -0.456 e. The second kappa shape index (κ2) is 10.2. The molecule has 3 rings (SSSR count). The summed E-state index contributed by atoms with van der Waals surface area (Å²) in [6, 6.07) is 28.8. The van der Waals surface area contributed by atoms with Gasteiger partial charge in [0.15, 0.2) is 12.4 Å². The third-order valence-corrected chi connectivity index (χ3v) is 4.31. The van der Waals surface area contributed by atoms with Crippen LogP contribution in [-0.4, -0.2) is 29.8 Å². The minimum absolute atomic E-state index is 0.117. The first-order valence-electron chi connectivity index (χ1n) is 9.25. The molecule has 0 aromatic heterocycles. The van der Waals surface area contributed by atoms with Crippen LogP contribution < -0.4 is 0 Å². The number of ketones is 1. The molecule has 0 saturated heterocycles. The molecule has 0 unspecified atom stereocenters. The molecule has 0 atom stereocenters. The van der Waals surface area contributed by atoms with Crippen LogP contribution in [0.25, 0.3) is 0 Å². The lowest BCUT2D eigenvalue weighted by Crippen LogP contribution is -2.31. The maximum atomic E-state index is 12.4. The Morgan fingerprint density at radius 2 is 1.14 bits per heavy atom. The molecule has 0 N–H and O–H groups in total. The number of benzene rings is 3. The fraction of sp³-hybridized carbons (Fsp3) is 0.167. The molecule has 0 bridgehead atoms. The maximum Gasteiger partial charge on any atom is 0.320 e. The zero-order chi connectivity index (χ0) is 19.6. The molecule has 0 fully saturated rings. The van der Waals surface area contributed by atoms with E-state index in [-0.39, 0.29) is 18.9 Å². The molecule has 0 aliphatic heterocycles. The van der Waals surface area contributed by atoms with E-state index in [1.807, 2.05) is 71.6 Å². The fourth-order valence-electron chi connectivity index (χ4n) is 2.93. The largest absolute Gasteiger partial charge is 0.456 e. The molecular weight excluding hydrogens is 350 g/mol. The highest BCUT2D eigenvalue weighted by molar-refractivity contribution is 5.97. The van der Waals surface area contributed by atoms with E-state index in [0.717, 1.165) is 11.1 Å². The van der Waals surface area contributed by atoms with Crippen LogP contribution in [-0.2, 0) is 22.6 Å². The van der Waals surface area contributed by atoms with Crippen LogP contribution in [0.1, 0.15) is 21.5 Å². The summed E-state index contributed by atoms with van der Waals surface area (Å²) in [4.78, 5) is 26.5. The van der Waals surface area contributed by atoms with Crippen molar-refractivity contribution in [2.24, 2.45) is 0 Å². The Labute approximate surface area is 165 Å². The third kappa shape index (κ3) is 6.18. The predicted molar refractivity (Wildman–Crippen MR) is 109 cm³/mol. The summed E-state index contributed by atoms with van der Waals surface area (Å²) in [6.07, 6.45) is 0. The summed E-state index contributed by atoms with van der Waals surface area (Å²) < 4.78 is 5.23. The molecule has 0 aliphatic rings. The van der Waals surface area contributed by atoms with E-state index >= 15 is 0 Å². The summed E-state index contributed by atoms with van der Waals surface area (Å²) >= 11 is 0. The topological polar surface area (TPSA) is 46.6 Å². The van der Waals surface area contributed by atoms with Crippen LogP contribution in [0.15, 0.2) is 91.0 Å². The van der Waals surface area contributed by atoms with Crippen molar-refractivity contribution in [3.8, 4) is 0 Å². The Kier molecular flexibility index (Phi) is 7.10. The summed E-state index contributed by atoms with van der Waals surface area (Å²) in [5, 5.41) is 0. The highest BCUT2D eigenvalue weighted by atomic mass is 16.5. The molecule has 0 heterocycles. The second-order valence-corrected chi connectivity index (χ2v) is 6.57. The number of Topliss-reactive ketones (excluding diaryl/α,β-unsaturated/α-hetero) is 1. The van der Waals surface area contributed by atoms with Gasteiger partial charge in [-0.2, -0.15) is 0 Å². The van der Waals surface area contributed by atoms with Crippen molar-refractivity contribution in [3.63, 3.8) is 0 Å². The monoisotopic (exact) mass is 373 g/mol. The van der Waals surface area contributed by atoms with Crippen LogP contribution >= 0.6 is 0 Å². The number of ether oxygens (including phenoxy) is 1. The summed E-state index contributed by atoms with van der Waals surface area (Å²) in [6.45, 7) is 1.12. The number of nitrogens with zero attached hydrogens (tertiary/aromatic N) is 1. The van der Waals surface area contributed by atoms with Gasteiger partial charge in [0.25, 0.3) is 0 Å². The molecule has 3 aromatic rings. The third-order valence-electron chi connectivity index (χ3n) is 4.31. The predicted octanol–water partition coefficient (Wildman–Crippen LogP) is 4.11. The summed E-state index contributed by atoms with van der Waals surface area (Å²) in [5.41, 5.74) is 2.78. The van der Waals surface area contributed by atoms with Crippen molar-refractivity contribution < 1.29 is 14.3 Å². The molecule has 28 heavy (non-hydrogen) atoms. The van der Waals surface area contributed by atoms with Gasteiger partial charge in [-0.05, 0) is 11.1 Å². The van der Waals surface area contributed by atoms with E-state index in [1.54, 1.807) is 24.3 Å². The van der Waals surface area contributed by atoms with E-state index < -0.39 is 5.97 Å². The molecule has 4 heteroatoms.